The number of thiazole rings is 1. The maximum absolute atomic E-state index is 13.6. The average Bonchev–Trinajstić information content (AvgIpc) is 3.48. The molecule has 9 nitrogen and oxygen atoms in total. The van der Waals surface area contributed by atoms with Gasteiger partial charge in [-0.15, -0.1) is 0 Å². The molecule has 10 heteroatoms. The first kappa shape index (κ1) is 25.1. The van der Waals surface area contributed by atoms with Gasteiger partial charge in [0.25, 0.3) is 11.2 Å². The number of carbonyl (C=O) groups is 1. The molecule has 3 heterocycles. The highest BCUT2D eigenvalue weighted by molar-refractivity contribution is 7.07. The van der Waals surface area contributed by atoms with Crippen LogP contribution in [-0.4, -0.2) is 22.6 Å². The largest absolute Gasteiger partial charge is 0.466 e. The Labute approximate surface area is 220 Å². The van der Waals surface area contributed by atoms with Crippen molar-refractivity contribution in [1.29, 1.82) is 0 Å². The van der Waals surface area contributed by atoms with Gasteiger partial charge in [-0.05, 0) is 55.7 Å². The second kappa shape index (κ2) is 9.71. The molecule has 1 unspecified atom stereocenters. The Kier molecular flexibility index (Phi) is 6.41. The predicted octanol–water partition coefficient (Wildman–Crippen LogP) is 4.19. The van der Waals surface area contributed by atoms with Crippen LogP contribution in [0.5, 0.6) is 0 Å². The van der Waals surface area contributed by atoms with Crippen molar-refractivity contribution >= 4 is 29.1 Å². The van der Waals surface area contributed by atoms with E-state index in [2.05, 4.69) is 4.99 Å². The summed E-state index contributed by atoms with van der Waals surface area (Å²) in [6.45, 7) is 5.41. The van der Waals surface area contributed by atoms with Crippen LogP contribution in [0.1, 0.15) is 35.4 Å². The number of aryl methyl sites for hydroxylation is 2. The summed E-state index contributed by atoms with van der Waals surface area (Å²) in [5.41, 5.74) is 3.19. The summed E-state index contributed by atoms with van der Waals surface area (Å²) >= 11 is 1.17. The van der Waals surface area contributed by atoms with Gasteiger partial charge in [-0.1, -0.05) is 41.7 Å². The molecule has 1 atom stereocenters. The number of allylic oxidation sites excluding steroid dienone is 1. The van der Waals surface area contributed by atoms with Crippen LogP contribution in [0.4, 0.5) is 5.69 Å². The number of fused-ring (bicyclic) bond motifs is 1. The minimum Gasteiger partial charge on any atom is -0.466 e. The van der Waals surface area contributed by atoms with Gasteiger partial charge in [0.2, 0.25) is 0 Å². The molecule has 0 spiro atoms. The molecule has 0 aliphatic carbocycles. The fourth-order valence-corrected chi connectivity index (χ4v) is 5.52. The van der Waals surface area contributed by atoms with Crippen LogP contribution in [0.15, 0.2) is 80.1 Å². The normalized spacial score (nSPS) is 15.3. The molecule has 0 saturated heterocycles. The number of ether oxygens (including phenoxy) is 1. The van der Waals surface area contributed by atoms with Crippen LogP contribution in [-0.2, 0) is 9.53 Å². The molecule has 4 aromatic rings. The van der Waals surface area contributed by atoms with E-state index < -0.39 is 16.9 Å². The topological polar surface area (TPSA) is 117 Å². The van der Waals surface area contributed by atoms with Crippen molar-refractivity contribution < 1.29 is 18.9 Å². The van der Waals surface area contributed by atoms with Gasteiger partial charge in [0.15, 0.2) is 4.80 Å². The summed E-state index contributed by atoms with van der Waals surface area (Å²) in [6, 6.07) is 15.1. The van der Waals surface area contributed by atoms with Crippen LogP contribution in [0.3, 0.4) is 0 Å². The van der Waals surface area contributed by atoms with Gasteiger partial charge < -0.3 is 9.15 Å². The van der Waals surface area contributed by atoms with Gasteiger partial charge in [-0.2, -0.15) is 0 Å². The molecular formula is C28H23N3O6S. The lowest BCUT2D eigenvalue weighted by atomic mass is 9.96. The molecule has 0 saturated carbocycles. The number of benzene rings is 2. The molecule has 38 heavy (non-hydrogen) atoms. The van der Waals surface area contributed by atoms with Crippen LogP contribution < -0.4 is 14.9 Å². The Morgan fingerprint density at radius 2 is 1.84 bits per heavy atom. The number of rotatable bonds is 5. The van der Waals surface area contributed by atoms with Crippen LogP contribution in [0.25, 0.3) is 17.4 Å². The zero-order valence-electron chi connectivity index (χ0n) is 21.1. The first-order valence-corrected chi connectivity index (χ1v) is 12.5. The molecule has 0 fully saturated rings. The number of esters is 1. The third kappa shape index (κ3) is 4.28. The molecule has 0 N–H and O–H groups in total. The molecule has 5 rings (SSSR count). The van der Waals surface area contributed by atoms with E-state index >= 15 is 0 Å². The minimum atomic E-state index is -0.701. The van der Waals surface area contributed by atoms with Crippen molar-refractivity contribution in [2.24, 2.45) is 4.99 Å². The highest BCUT2D eigenvalue weighted by atomic mass is 32.1. The minimum absolute atomic E-state index is 0.0537. The summed E-state index contributed by atoms with van der Waals surface area (Å²) < 4.78 is 12.8. The monoisotopic (exact) mass is 529 g/mol. The third-order valence-corrected chi connectivity index (χ3v) is 7.50. The van der Waals surface area contributed by atoms with Crippen molar-refractivity contribution in [3.63, 3.8) is 0 Å². The average molecular weight is 530 g/mol. The number of nitro groups is 1. The van der Waals surface area contributed by atoms with E-state index in [0.717, 1.165) is 16.7 Å². The molecule has 0 bridgehead atoms. The summed E-state index contributed by atoms with van der Waals surface area (Å²) in [7, 11) is 1.30. The van der Waals surface area contributed by atoms with Gasteiger partial charge >= 0.3 is 5.97 Å². The molecule has 192 valence electrons. The zero-order valence-corrected chi connectivity index (χ0v) is 21.9. The van der Waals surface area contributed by atoms with Crippen LogP contribution >= 0.6 is 11.3 Å². The van der Waals surface area contributed by atoms with E-state index in [-0.39, 0.29) is 11.2 Å². The number of nitro benzene ring substituents is 1. The number of hydrogen-bond donors (Lipinski definition) is 0. The highest BCUT2D eigenvalue weighted by Crippen LogP contribution is 2.34. The van der Waals surface area contributed by atoms with Crippen LogP contribution in [0, 0.1) is 24.0 Å². The van der Waals surface area contributed by atoms with Crippen molar-refractivity contribution in [2.75, 3.05) is 7.11 Å². The molecule has 2 aromatic carbocycles. The van der Waals surface area contributed by atoms with E-state index in [1.165, 1.54) is 29.1 Å². The van der Waals surface area contributed by atoms with Crippen molar-refractivity contribution in [3.05, 3.63) is 118 Å². The summed E-state index contributed by atoms with van der Waals surface area (Å²) in [6.07, 6.45) is 1.58. The molecular weight excluding hydrogens is 506 g/mol. The van der Waals surface area contributed by atoms with E-state index in [1.807, 2.05) is 44.2 Å². The highest BCUT2D eigenvalue weighted by Gasteiger charge is 2.33. The molecule has 0 amide bonds. The zero-order chi connectivity index (χ0) is 27.1. The Bertz CT molecular complexity index is 1810. The maximum atomic E-state index is 13.6. The number of hydrogen-bond acceptors (Lipinski definition) is 8. The van der Waals surface area contributed by atoms with E-state index in [0.29, 0.717) is 37.7 Å². The van der Waals surface area contributed by atoms with Crippen molar-refractivity contribution in [3.8, 4) is 11.3 Å². The van der Waals surface area contributed by atoms with Gasteiger partial charge in [-0.25, -0.2) is 9.79 Å². The van der Waals surface area contributed by atoms with Crippen molar-refractivity contribution in [1.82, 2.24) is 4.57 Å². The quantitative estimate of drug-likeness (QED) is 0.217. The number of furan rings is 1. The molecule has 0 radical (unpaired) electrons. The Morgan fingerprint density at radius 1 is 1.13 bits per heavy atom. The number of nitrogens with zero attached hydrogens (tertiary/aromatic N) is 3. The number of carbonyl (C=O) groups excluding carboxylic acids is 1. The lowest BCUT2D eigenvalue weighted by Crippen LogP contribution is -2.39. The third-order valence-electron chi connectivity index (χ3n) is 6.52. The van der Waals surface area contributed by atoms with Crippen LogP contribution in [0.2, 0.25) is 0 Å². The van der Waals surface area contributed by atoms with Gasteiger partial charge in [-0.3, -0.25) is 19.5 Å². The Hall–Kier alpha value is -4.57. The summed E-state index contributed by atoms with van der Waals surface area (Å²) in [5.74, 6) is 0.128. The van der Waals surface area contributed by atoms with Gasteiger partial charge in [0.1, 0.15) is 11.5 Å². The standard InChI is InChI=1S/C28H23N3O6S/c1-15-12-20(21(31(34)35)13-16(15)2)22-11-10-19(37-22)14-23-26(32)30-25(18-8-6-5-7-9-18)24(27(33)36-4)17(3)29-28(30)38-23/h5-14,25H,1-4H3. The first-order valence-electron chi connectivity index (χ1n) is 11.7. The van der Waals surface area contributed by atoms with E-state index in [9.17, 15) is 19.7 Å². The Morgan fingerprint density at radius 3 is 2.53 bits per heavy atom. The van der Waals surface area contributed by atoms with E-state index in [4.69, 9.17) is 9.15 Å². The number of aromatic nitrogens is 1. The smallest absolute Gasteiger partial charge is 0.338 e. The fraction of sp³-hybridized carbons (Fsp3) is 0.179. The lowest BCUT2D eigenvalue weighted by molar-refractivity contribution is -0.384. The molecule has 1 aliphatic heterocycles. The van der Waals surface area contributed by atoms with Gasteiger partial charge in [0.05, 0.1) is 39.4 Å². The lowest BCUT2D eigenvalue weighted by Gasteiger charge is -2.24. The number of methoxy groups -OCH3 is 1. The predicted molar refractivity (Wildman–Crippen MR) is 142 cm³/mol. The maximum Gasteiger partial charge on any atom is 0.338 e. The van der Waals surface area contributed by atoms with E-state index in [1.54, 1.807) is 31.2 Å². The Balaban J connectivity index is 1.64. The van der Waals surface area contributed by atoms with Crippen molar-refractivity contribution in [2.45, 2.75) is 26.8 Å². The fourth-order valence-electron chi connectivity index (χ4n) is 4.50. The SMILES string of the molecule is COC(=O)C1=C(C)N=c2sc(=Cc3ccc(-c4cc(C)c(C)cc4[N+](=O)[O-])o3)c(=O)n2C1c1ccccc1. The summed E-state index contributed by atoms with van der Waals surface area (Å²) in [5, 5.41) is 11.7. The van der Waals surface area contributed by atoms with Gasteiger partial charge in [0, 0.05) is 12.1 Å². The molecule has 1 aliphatic rings. The molecule has 2 aromatic heterocycles. The second-order valence-corrected chi connectivity index (χ2v) is 9.91. The summed E-state index contributed by atoms with van der Waals surface area (Å²) in [4.78, 5) is 42.5. The first-order chi connectivity index (χ1) is 18.2. The second-order valence-electron chi connectivity index (χ2n) is 8.90.